The lowest BCUT2D eigenvalue weighted by Gasteiger charge is -2.38. The first-order valence-electron chi connectivity index (χ1n) is 7.19. The third-order valence-electron chi connectivity index (χ3n) is 3.61. The SMILES string of the molecule is CCNC(=O)c1ccc(N)cc1N1CCOCC1CC. The van der Waals surface area contributed by atoms with Gasteiger partial charge in [-0.25, -0.2) is 0 Å². The number of rotatable bonds is 4. The quantitative estimate of drug-likeness (QED) is 0.821. The minimum atomic E-state index is -0.0520. The minimum absolute atomic E-state index is 0.0520. The van der Waals surface area contributed by atoms with Gasteiger partial charge in [-0.3, -0.25) is 4.79 Å². The van der Waals surface area contributed by atoms with Gasteiger partial charge in [0.2, 0.25) is 0 Å². The monoisotopic (exact) mass is 277 g/mol. The first kappa shape index (κ1) is 14.7. The molecule has 1 heterocycles. The molecule has 20 heavy (non-hydrogen) atoms. The molecular formula is C15H23N3O2. The lowest BCUT2D eigenvalue weighted by molar-refractivity contribution is 0.0913. The maximum atomic E-state index is 12.2. The molecule has 0 aliphatic carbocycles. The van der Waals surface area contributed by atoms with E-state index in [1.807, 2.05) is 13.0 Å². The molecule has 0 bridgehead atoms. The molecule has 1 unspecified atom stereocenters. The highest BCUT2D eigenvalue weighted by Gasteiger charge is 2.25. The predicted octanol–water partition coefficient (Wildman–Crippen LogP) is 1.63. The summed E-state index contributed by atoms with van der Waals surface area (Å²) in [5.74, 6) is -0.0520. The number of nitrogen functional groups attached to an aromatic ring is 1. The zero-order valence-corrected chi connectivity index (χ0v) is 12.2. The van der Waals surface area contributed by atoms with E-state index in [1.165, 1.54) is 0 Å². The van der Waals surface area contributed by atoms with Crippen LogP contribution in [-0.4, -0.2) is 38.3 Å². The number of nitrogens with one attached hydrogen (secondary N) is 1. The molecule has 0 radical (unpaired) electrons. The van der Waals surface area contributed by atoms with Crippen LogP contribution in [0.4, 0.5) is 11.4 Å². The number of ether oxygens (including phenoxy) is 1. The molecule has 1 amide bonds. The van der Waals surface area contributed by atoms with Crippen LogP contribution in [0.2, 0.25) is 0 Å². The highest BCUT2D eigenvalue weighted by Crippen LogP contribution is 2.28. The van der Waals surface area contributed by atoms with Gasteiger partial charge in [0.1, 0.15) is 0 Å². The molecule has 110 valence electrons. The van der Waals surface area contributed by atoms with Crippen LogP contribution >= 0.6 is 0 Å². The summed E-state index contributed by atoms with van der Waals surface area (Å²) < 4.78 is 5.53. The summed E-state index contributed by atoms with van der Waals surface area (Å²) in [5, 5.41) is 2.86. The fraction of sp³-hybridized carbons (Fsp3) is 0.533. The molecule has 1 saturated heterocycles. The molecule has 0 aromatic heterocycles. The van der Waals surface area contributed by atoms with Crippen LogP contribution in [0.15, 0.2) is 18.2 Å². The van der Waals surface area contributed by atoms with Gasteiger partial charge in [0.05, 0.1) is 30.5 Å². The molecule has 2 rings (SSSR count). The number of morpholine rings is 1. The Bertz CT molecular complexity index is 476. The first-order valence-corrected chi connectivity index (χ1v) is 7.19. The number of nitrogens with zero attached hydrogens (tertiary/aromatic N) is 1. The van der Waals surface area contributed by atoms with Gasteiger partial charge in [0.25, 0.3) is 5.91 Å². The van der Waals surface area contributed by atoms with Gasteiger partial charge in [-0.05, 0) is 31.5 Å². The van der Waals surface area contributed by atoms with Crippen molar-refractivity contribution >= 4 is 17.3 Å². The Hall–Kier alpha value is -1.75. The lowest BCUT2D eigenvalue weighted by atomic mass is 10.1. The van der Waals surface area contributed by atoms with E-state index in [2.05, 4.69) is 17.1 Å². The van der Waals surface area contributed by atoms with Crippen molar-refractivity contribution in [2.75, 3.05) is 36.9 Å². The molecule has 1 fully saturated rings. The van der Waals surface area contributed by atoms with E-state index in [4.69, 9.17) is 10.5 Å². The Kier molecular flexibility index (Phi) is 4.84. The number of hydrogen-bond acceptors (Lipinski definition) is 4. The van der Waals surface area contributed by atoms with Crippen LogP contribution in [0.25, 0.3) is 0 Å². The van der Waals surface area contributed by atoms with Gasteiger partial charge in [0, 0.05) is 18.8 Å². The van der Waals surface area contributed by atoms with Crippen molar-refractivity contribution in [3.63, 3.8) is 0 Å². The number of amides is 1. The van der Waals surface area contributed by atoms with Crippen molar-refractivity contribution in [1.29, 1.82) is 0 Å². The topological polar surface area (TPSA) is 67.6 Å². The third-order valence-corrected chi connectivity index (χ3v) is 3.61. The maximum absolute atomic E-state index is 12.2. The van der Waals surface area contributed by atoms with E-state index in [1.54, 1.807) is 12.1 Å². The fourth-order valence-electron chi connectivity index (χ4n) is 2.54. The van der Waals surface area contributed by atoms with Crippen LogP contribution < -0.4 is 16.0 Å². The molecule has 1 aliphatic rings. The van der Waals surface area contributed by atoms with Crippen molar-refractivity contribution in [3.05, 3.63) is 23.8 Å². The van der Waals surface area contributed by atoms with E-state index in [0.717, 1.165) is 18.7 Å². The van der Waals surface area contributed by atoms with Crippen molar-refractivity contribution < 1.29 is 9.53 Å². The summed E-state index contributed by atoms with van der Waals surface area (Å²) >= 11 is 0. The van der Waals surface area contributed by atoms with Gasteiger partial charge in [0.15, 0.2) is 0 Å². The molecule has 5 nitrogen and oxygen atoms in total. The Morgan fingerprint density at radius 3 is 3.00 bits per heavy atom. The van der Waals surface area contributed by atoms with Gasteiger partial charge < -0.3 is 20.7 Å². The maximum Gasteiger partial charge on any atom is 0.253 e. The summed E-state index contributed by atoms with van der Waals surface area (Å²) in [5.41, 5.74) is 8.17. The Morgan fingerprint density at radius 2 is 2.30 bits per heavy atom. The standard InChI is InChI=1S/C15H23N3O2/c1-3-12-10-20-8-7-18(12)14-9-11(16)5-6-13(14)15(19)17-4-2/h5-6,9,12H,3-4,7-8,10,16H2,1-2H3,(H,17,19). The smallest absolute Gasteiger partial charge is 0.253 e. The molecule has 1 aromatic rings. The van der Waals surface area contributed by atoms with Crippen molar-refractivity contribution in [2.45, 2.75) is 26.3 Å². The average Bonchev–Trinajstić information content (AvgIpc) is 2.47. The highest BCUT2D eigenvalue weighted by atomic mass is 16.5. The van der Waals surface area contributed by atoms with Crippen LogP contribution in [-0.2, 0) is 4.74 Å². The Balaban J connectivity index is 2.37. The fourth-order valence-corrected chi connectivity index (χ4v) is 2.54. The highest BCUT2D eigenvalue weighted by molar-refractivity contribution is 6.00. The second kappa shape index (κ2) is 6.61. The van der Waals surface area contributed by atoms with E-state index in [9.17, 15) is 4.79 Å². The van der Waals surface area contributed by atoms with Gasteiger partial charge >= 0.3 is 0 Å². The van der Waals surface area contributed by atoms with Crippen molar-refractivity contribution in [2.24, 2.45) is 0 Å². The average molecular weight is 277 g/mol. The Morgan fingerprint density at radius 1 is 1.50 bits per heavy atom. The zero-order chi connectivity index (χ0) is 14.5. The largest absolute Gasteiger partial charge is 0.399 e. The third kappa shape index (κ3) is 3.04. The normalized spacial score (nSPS) is 18.9. The predicted molar refractivity (Wildman–Crippen MR) is 81.1 cm³/mol. The Labute approximate surface area is 120 Å². The van der Waals surface area contributed by atoms with Crippen LogP contribution in [0, 0.1) is 0 Å². The number of nitrogens with two attached hydrogens (primary N) is 1. The van der Waals surface area contributed by atoms with Crippen molar-refractivity contribution in [1.82, 2.24) is 5.32 Å². The molecule has 0 saturated carbocycles. The van der Waals surface area contributed by atoms with Gasteiger partial charge in [-0.2, -0.15) is 0 Å². The van der Waals surface area contributed by atoms with E-state index in [0.29, 0.717) is 37.1 Å². The number of anilines is 2. The summed E-state index contributed by atoms with van der Waals surface area (Å²) in [6, 6.07) is 5.75. The van der Waals surface area contributed by atoms with Crippen molar-refractivity contribution in [3.8, 4) is 0 Å². The summed E-state index contributed by atoms with van der Waals surface area (Å²) in [6.45, 7) is 6.82. The van der Waals surface area contributed by atoms with E-state index >= 15 is 0 Å². The van der Waals surface area contributed by atoms with Crippen LogP contribution in [0.1, 0.15) is 30.6 Å². The molecule has 1 atom stereocenters. The summed E-state index contributed by atoms with van der Waals surface area (Å²) in [4.78, 5) is 14.4. The van der Waals surface area contributed by atoms with E-state index < -0.39 is 0 Å². The molecule has 5 heteroatoms. The second-order valence-electron chi connectivity index (χ2n) is 4.97. The molecule has 3 N–H and O–H groups in total. The molecule has 1 aromatic carbocycles. The summed E-state index contributed by atoms with van der Waals surface area (Å²) in [7, 11) is 0. The minimum Gasteiger partial charge on any atom is -0.399 e. The van der Waals surface area contributed by atoms with E-state index in [-0.39, 0.29) is 5.91 Å². The zero-order valence-electron chi connectivity index (χ0n) is 12.2. The number of carbonyl (C=O) groups excluding carboxylic acids is 1. The molecule has 1 aliphatic heterocycles. The summed E-state index contributed by atoms with van der Waals surface area (Å²) in [6.07, 6.45) is 0.976. The number of benzene rings is 1. The van der Waals surface area contributed by atoms with Crippen LogP contribution in [0.5, 0.6) is 0 Å². The second-order valence-corrected chi connectivity index (χ2v) is 4.97. The lowest BCUT2D eigenvalue weighted by Crippen LogP contribution is -2.46. The number of hydrogen-bond donors (Lipinski definition) is 2. The van der Waals surface area contributed by atoms with Gasteiger partial charge in [-0.1, -0.05) is 6.92 Å². The first-order chi connectivity index (χ1) is 9.67. The molecule has 0 spiro atoms. The van der Waals surface area contributed by atoms with Crippen LogP contribution in [0.3, 0.4) is 0 Å². The van der Waals surface area contributed by atoms with Gasteiger partial charge in [-0.15, -0.1) is 0 Å². The number of carbonyl (C=O) groups is 1. The molecular weight excluding hydrogens is 254 g/mol.